The van der Waals surface area contributed by atoms with Crippen LogP contribution in [0.5, 0.6) is 11.5 Å². The van der Waals surface area contributed by atoms with Crippen molar-refractivity contribution in [2.45, 2.75) is 0 Å². The summed E-state index contributed by atoms with van der Waals surface area (Å²) < 4.78 is 10.6. The molecule has 0 saturated heterocycles. The third kappa shape index (κ3) is 1.53. The number of carbonyl (C=O) groups excluding carboxylic acids is 1. The van der Waals surface area contributed by atoms with Crippen molar-refractivity contribution in [3.63, 3.8) is 0 Å². The van der Waals surface area contributed by atoms with Gasteiger partial charge in [0.1, 0.15) is 13.2 Å². The molecule has 3 nitrogen and oxygen atoms in total. The van der Waals surface area contributed by atoms with Gasteiger partial charge in [0, 0.05) is 0 Å². The summed E-state index contributed by atoms with van der Waals surface area (Å²) in [5.41, 5.74) is 0.172. The zero-order chi connectivity index (χ0) is 10.1. The molecule has 0 N–H and O–H groups in total. The van der Waals surface area contributed by atoms with Crippen LogP contribution in [0.4, 0.5) is 0 Å². The highest BCUT2D eigenvalue weighted by molar-refractivity contribution is 6.69. The van der Waals surface area contributed by atoms with Gasteiger partial charge < -0.3 is 9.47 Å². The van der Waals surface area contributed by atoms with Crippen molar-refractivity contribution in [3.8, 4) is 11.5 Å². The molecule has 0 bridgehead atoms. The fourth-order valence-corrected chi connectivity index (χ4v) is 1.75. The molecule has 1 aliphatic rings. The quantitative estimate of drug-likeness (QED) is 0.699. The van der Waals surface area contributed by atoms with Crippen molar-refractivity contribution in [3.05, 3.63) is 22.7 Å². The first-order valence-electron chi connectivity index (χ1n) is 3.98. The Morgan fingerprint density at radius 1 is 1.29 bits per heavy atom. The van der Waals surface area contributed by atoms with Crippen LogP contribution in [-0.2, 0) is 0 Å². The van der Waals surface area contributed by atoms with Gasteiger partial charge in [0.25, 0.3) is 5.24 Å². The van der Waals surface area contributed by atoms with E-state index in [0.717, 1.165) is 0 Å². The monoisotopic (exact) mass is 232 g/mol. The lowest BCUT2D eigenvalue weighted by atomic mass is 10.2. The van der Waals surface area contributed by atoms with E-state index in [1.165, 1.54) is 0 Å². The minimum absolute atomic E-state index is 0.172. The van der Waals surface area contributed by atoms with Crippen LogP contribution in [0.3, 0.4) is 0 Å². The summed E-state index contributed by atoms with van der Waals surface area (Å²) in [5, 5.41) is -0.369. The Kier molecular flexibility index (Phi) is 2.52. The number of fused-ring (bicyclic) bond motifs is 1. The number of rotatable bonds is 1. The van der Waals surface area contributed by atoms with Crippen LogP contribution >= 0.6 is 23.2 Å². The van der Waals surface area contributed by atoms with Crippen molar-refractivity contribution >= 4 is 28.4 Å². The highest BCUT2D eigenvalue weighted by Gasteiger charge is 2.22. The molecule has 1 aliphatic heterocycles. The first-order chi connectivity index (χ1) is 6.70. The number of halogens is 2. The Morgan fingerprint density at radius 2 is 2.00 bits per heavy atom. The number of hydrogen-bond donors (Lipinski definition) is 0. The van der Waals surface area contributed by atoms with E-state index < -0.39 is 5.24 Å². The van der Waals surface area contributed by atoms with Crippen molar-refractivity contribution in [1.29, 1.82) is 0 Å². The van der Waals surface area contributed by atoms with Gasteiger partial charge in [0.05, 0.1) is 10.6 Å². The fraction of sp³-hybridized carbons (Fsp3) is 0.222. The van der Waals surface area contributed by atoms with Crippen LogP contribution in [-0.4, -0.2) is 18.5 Å². The summed E-state index contributed by atoms with van der Waals surface area (Å²) in [7, 11) is 0. The molecule has 1 aromatic rings. The van der Waals surface area contributed by atoms with Gasteiger partial charge in [-0.2, -0.15) is 0 Å². The van der Waals surface area contributed by atoms with Gasteiger partial charge in [0.15, 0.2) is 11.5 Å². The van der Waals surface area contributed by atoms with Crippen molar-refractivity contribution in [2.75, 3.05) is 13.2 Å². The smallest absolute Gasteiger partial charge is 0.257 e. The van der Waals surface area contributed by atoms with Crippen molar-refractivity contribution in [2.24, 2.45) is 0 Å². The molecule has 14 heavy (non-hydrogen) atoms. The maximum Gasteiger partial charge on any atom is 0.257 e. The molecule has 0 atom stereocenters. The predicted octanol–water partition coefficient (Wildman–Crippen LogP) is 2.49. The second-order valence-electron chi connectivity index (χ2n) is 2.72. The summed E-state index contributed by atoms with van der Waals surface area (Å²) >= 11 is 11.2. The van der Waals surface area contributed by atoms with Gasteiger partial charge in [-0.1, -0.05) is 11.6 Å². The van der Waals surface area contributed by atoms with E-state index in [-0.39, 0.29) is 10.6 Å². The normalized spacial score (nSPS) is 13.9. The van der Waals surface area contributed by atoms with E-state index >= 15 is 0 Å². The maximum absolute atomic E-state index is 11.1. The average Bonchev–Trinajstić information content (AvgIpc) is 2.17. The van der Waals surface area contributed by atoms with E-state index in [4.69, 9.17) is 32.7 Å². The predicted molar refractivity (Wildman–Crippen MR) is 52.6 cm³/mol. The lowest BCUT2D eigenvalue weighted by Crippen LogP contribution is -2.17. The molecule has 0 saturated carbocycles. The summed E-state index contributed by atoms with van der Waals surface area (Å²) in [6.45, 7) is 0.856. The summed E-state index contributed by atoms with van der Waals surface area (Å²) in [6.07, 6.45) is 0. The van der Waals surface area contributed by atoms with Gasteiger partial charge in [0.2, 0.25) is 0 Å². The van der Waals surface area contributed by atoms with Crippen LogP contribution < -0.4 is 9.47 Å². The summed E-state index contributed by atoms with van der Waals surface area (Å²) in [5.74, 6) is 0.841. The van der Waals surface area contributed by atoms with E-state index in [9.17, 15) is 4.79 Å². The molecule has 74 valence electrons. The molecule has 0 aromatic heterocycles. The van der Waals surface area contributed by atoms with Gasteiger partial charge >= 0.3 is 0 Å². The number of benzene rings is 1. The van der Waals surface area contributed by atoms with E-state index in [1.807, 2.05) is 0 Å². The Balaban J connectivity index is 2.60. The van der Waals surface area contributed by atoms with E-state index in [1.54, 1.807) is 12.1 Å². The van der Waals surface area contributed by atoms with E-state index in [2.05, 4.69) is 0 Å². The first kappa shape index (κ1) is 9.62. The van der Waals surface area contributed by atoms with Crippen LogP contribution in [0.15, 0.2) is 12.1 Å². The minimum Gasteiger partial charge on any atom is -0.486 e. The van der Waals surface area contributed by atoms with Gasteiger partial charge in [-0.05, 0) is 23.7 Å². The lowest BCUT2D eigenvalue weighted by Gasteiger charge is -2.20. The third-order valence-corrected chi connectivity index (χ3v) is 2.36. The van der Waals surface area contributed by atoms with Crippen molar-refractivity contribution in [1.82, 2.24) is 0 Å². The zero-order valence-electron chi connectivity index (χ0n) is 7.05. The van der Waals surface area contributed by atoms with Gasteiger partial charge in [-0.3, -0.25) is 4.79 Å². The maximum atomic E-state index is 11.1. The molecule has 0 spiro atoms. The van der Waals surface area contributed by atoms with Crippen LogP contribution in [0, 0.1) is 0 Å². The highest BCUT2D eigenvalue weighted by Crippen LogP contribution is 2.38. The standard InChI is InChI=1S/C9H6Cl2O3/c10-5-1-2-6-8(7(5)9(11)12)14-4-3-13-6/h1-2H,3-4H2. The molecule has 0 amide bonds. The minimum atomic E-state index is -0.641. The van der Waals surface area contributed by atoms with E-state index in [0.29, 0.717) is 24.7 Å². The topological polar surface area (TPSA) is 35.5 Å². The van der Waals surface area contributed by atoms with Crippen LogP contribution in [0.25, 0.3) is 0 Å². The van der Waals surface area contributed by atoms with Crippen LogP contribution in [0.1, 0.15) is 10.4 Å². The number of hydrogen-bond acceptors (Lipinski definition) is 3. The number of ether oxygens (including phenoxy) is 2. The molecule has 0 radical (unpaired) electrons. The molecule has 0 fully saturated rings. The van der Waals surface area contributed by atoms with Gasteiger partial charge in [-0.15, -0.1) is 0 Å². The summed E-state index contributed by atoms with van der Waals surface area (Å²) in [6, 6.07) is 3.21. The van der Waals surface area contributed by atoms with Crippen LogP contribution in [0.2, 0.25) is 5.02 Å². The Morgan fingerprint density at radius 3 is 2.71 bits per heavy atom. The molecule has 2 rings (SSSR count). The van der Waals surface area contributed by atoms with Gasteiger partial charge in [-0.25, -0.2) is 0 Å². The molecule has 1 aromatic carbocycles. The van der Waals surface area contributed by atoms with Crippen molar-refractivity contribution < 1.29 is 14.3 Å². The third-order valence-electron chi connectivity index (χ3n) is 1.85. The molecule has 5 heteroatoms. The summed E-state index contributed by atoms with van der Waals surface area (Å²) in [4.78, 5) is 11.1. The second kappa shape index (κ2) is 3.67. The molecular weight excluding hydrogens is 227 g/mol. The second-order valence-corrected chi connectivity index (χ2v) is 3.47. The SMILES string of the molecule is O=C(Cl)c1c(Cl)ccc2c1OCCO2. The molecule has 1 heterocycles. The molecule has 0 aliphatic carbocycles. The Hall–Kier alpha value is -0.930. The highest BCUT2D eigenvalue weighted by atomic mass is 35.5. The Bertz CT molecular complexity index is 390. The zero-order valence-corrected chi connectivity index (χ0v) is 8.56. The largest absolute Gasteiger partial charge is 0.486 e. The molecular formula is C9H6Cl2O3. The fourth-order valence-electron chi connectivity index (χ4n) is 1.27. The first-order valence-corrected chi connectivity index (χ1v) is 4.73. The number of carbonyl (C=O) groups is 1. The lowest BCUT2D eigenvalue weighted by molar-refractivity contribution is 0.107. The molecule has 0 unspecified atom stereocenters. The Labute approximate surface area is 90.5 Å². The average molecular weight is 233 g/mol.